The average molecular weight is 199 g/mol. The number of nitrogens with zero attached hydrogens (tertiary/aromatic N) is 1. The van der Waals surface area contributed by atoms with E-state index in [-0.39, 0.29) is 11.3 Å². The number of hydrogen-bond donors (Lipinski definition) is 1. The van der Waals surface area contributed by atoms with E-state index in [9.17, 15) is 5.11 Å². The zero-order valence-corrected chi connectivity index (χ0v) is 8.53. The van der Waals surface area contributed by atoms with Gasteiger partial charge in [-0.2, -0.15) is 5.26 Å². The zero-order chi connectivity index (χ0) is 10.5. The summed E-state index contributed by atoms with van der Waals surface area (Å²) in [5, 5.41) is 18.6. The van der Waals surface area contributed by atoms with E-state index in [1.807, 2.05) is 12.1 Å². The molecule has 2 atom stereocenters. The highest BCUT2D eigenvalue weighted by Gasteiger charge is 2.51. The maximum Gasteiger partial charge on any atom is 0.115 e. The molecule has 1 spiro atoms. The highest BCUT2D eigenvalue weighted by atomic mass is 16.3. The highest BCUT2D eigenvalue weighted by molar-refractivity contribution is 5.47. The number of benzene rings is 1. The predicted molar refractivity (Wildman–Crippen MR) is 56.4 cm³/mol. The number of nitriles is 1. The second kappa shape index (κ2) is 2.76. The van der Waals surface area contributed by atoms with Crippen LogP contribution in [0.4, 0.5) is 0 Å². The summed E-state index contributed by atoms with van der Waals surface area (Å²) >= 11 is 0. The van der Waals surface area contributed by atoms with Gasteiger partial charge in [-0.05, 0) is 48.9 Å². The van der Waals surface area contributed by atoms with Crippen molar-refractivity contribution in [1.82, 2.24) is 0 Å². The minimum absolute atomic E-state index is 0.0861. The van der Waals surface area contributed by atoms with Crippen LogP contribution in [0.1, 0.15) is 30.4 Å². The van der Waals surface area contributed by atoms with E-state index in [2.05, 4.69) is 6.07 Å². The topological polar surface area (TPSA) is 44.0 Å². The van der Waals surface area contributed by atoms with E-state index in [4.69, 9.17) is 5.26 Å². The van der Waals surface area contributed by atoms with Crippen molar-refractivity contribution in [2.75, 3.05) is 0 Å². The maximum absolute atomic E-state index is 9.52. The lowest BCUT2D eigenvalue weighted by atomic mass is 9.58. The van der Waals surface area contributed by atoms with Crippen molar-refractivity contribution in [2.24, 2.45) is 5.92 Å². The Morgan fingerprint density at radius 2 is 2.27 bits per heavy atom. The van der Waals surface area contributed by atoms with Gasteiger partial charge in [0.1, 0.15) is 5.75 Å². The van der Waals surface area contributed by atoms with Crippen molar-refractivity contribution in [3.05, 3.63) is 29.3 Å². The lowest BCUT2D eigenvalue weighted by molar-refractivity contribution is 0.171. The Morgan fingerprint density at radius 1 is 1.40 bits per heavy atom. The van der Waals surface area contributed by atoms with E-state index < -0.39 is 0 Å². The van der Waals surface area contributed by atoms with Gasteiger partial charge in [0.05, 0.1) is 12.0 Å². The Morgan fingerprint density at radius 3 is 2.93 bits per heavy atom. The maximum atomic E-state index is 9.52. The molecule has 1 aromatic rings. The van der Waals surface area contributed by atoms with Crippen LogP contribution in [-0.2, 0) is 11.8 Å². The molecule has 0 unspecified atom stereocenters. The molecule has 0 heterocycles. The predicted octanol–water partition coefficient (Wildman–Crippen LogP) is 2.51. The molecule has 1 fully saturated rings. The summed E-state index contributed by atoms with van der Waals surface area (Å²) in [6.45, 7) is 0. The quantitative estimate of drug-likeness (QED) is 0.697. The Bertz CT molecular complexity index is 460. The molecule has 2 heteroatoms. The minimum Gasteiger partial charge on any atom is -0.508 e. The summed E-state index contributed by atoms with van der Waals surface area (Å²) in [6, 6.07) is 8.03. The lowest BCUT2D eigenvalue weighted by Gasteiger charge is -2.44. The van der Waals surface area contributed by atoms with Crippen molar-refractivity contribution in [1.29, 1.82) is 5.26 Å². The summed E-state index contributed by atoms with van der Waals surface area (Å²) in [6.07, 6.45) is 4.28. The van der Waals surface area contributed by atoms with Crippen LogP contribution >= 0.6 is 0 Å². The number of phenolic OH excluding ortho intramolecular Hbond substituents is 1. The van der Waals surface area contributed by atoms with Gasteiger partial charge in [0, 0.05) is 5.41 Å². The summed E-state index contributed by atoms with van der Waals surface area (Å²) < 4.78 is 0. The molecule has 2 aliphatic carbocycles. The molecule has 1 saturated carbocycles. The SMILES string of the molecule is N#C[C@H]1CC[C@@]12CCc1ccc(O)cc12. The van der Waals surface area contributed by atoms with Gasteiger partial charge in [0.25, 0.3) is 0 Å². The largest absolute Gasteiger partial charge is 0.508 e. The van der Waals surface area contributed by atoms with E-state index >= 15 is 0 Å². The molecule has 1 N–H and O–H groups in total. The Kier molecular flexibility index (Phi) is 1.62. The van der Waals surface area contributed by atoms with E-state index in [1.165, 1.54) is 11.1 Å². The van der Waals surface area contributed by atoms with Crippen LogP contribution in [0, 0.1) is 17.2 Å². The number of hydrogen-bond acceptors (Lipinski definition) is 2. The van der Waals surface area contributed by atoms with Crippen LogP contribution in [0.5, 0.6) is 5.75 Å². The molecule has 0 amide bonds. The van der Waals surface area contributed by atoms with Crippen LogP contribution < -0.4 is 0 Å². The molecule has 0 radical (unpaired) electrons. The lowest BCUT2D eigenvalue weighted by Crippen LogP contribution is -2.41. The van der Waals surface area contributed by atoms with E-state index in [0.29, 0.717) is 5.75 Å². The Labute approximate surface area is 89.2 Å². The van der Waals surface area contributed by atoms with Gasteiger partial charge in [0.2, 0.25) is 0 Å². The number of aryl methyl sites for hydroxylation is 1. The van der Waals surface area contributed by atoms with Crippen LogP contribution in [0.2, 0.25) is 0 Å². The molecule has 15 heavy (non-hydrogen) atoms. The van der Waals surface area contributed by atoms with E-state index in [1.54, 1.807) is 6.07 Å². The first-order valence-corrected chi connectivity index (χ1v) is 5.48. The molecule has 2 nitrogen and oxygen atoms in total. The van der Waals surface area contributed by atoms with Crippen LogP contribution in [0.3, 0.4) is 0 Å². The summed E-state index contributed by atoms with van der Waals surface area (Å²) in [7, 11) is 0. The molecule has 0 bridgehead atoms. The standard InChI is InChI=1S/C13H13NO/c14-8-10-4-6-13(10)5-3-9-1-2-11(15)7-12(9)13/h1-2,7,10,15H,3-6H2/t10-,13+/m1/s1. The van der Waals surface area contributed by atoms with Crippen molar-refractivity contribution in [2.45, 2.75) is 31.1 Å². The smallest absolute Gasteiger partial charge is 0.115 e. The molecule has 2 aliphatic rings. The number of phenols is 1. The fourth-order valence-electron chi connectivity index (χ4n) is 3.19. The first kappa shape index (κ1) is 8.79. The third-order valence-electron chi connectivity index (χ3n) is 4.17. The molecule has 0 aromatic heterocycles. The van der Waals surface area contributed by atoms with Crippen LogP contribution in [0.25, 0.3) is 0 Å². The van der Waals surface area contributed by atoms with Crippen molar-refractivity contribution in [3.8, 4) is 11.8 Å². The third kappa shape index (κ3) is 0.982. The number of fused-ring (bicyclic) bond motifs is 2. The Hall–Kier alpha value is -1.49. The summed E-state index contributed by atoms with van der Waals surface area (Å²) in [5.74, 6) is 0.499. The first-order valence-electron chi connectivity index (χ1n) is 5.48. The monoisotopic (exact) mass is 199 g/mol. The van der Waals surface area contributed by atoms with Gasteiger partial charge in [-0.3, -0.25) is 0 Å². The molecule has 1 aromatic carbocycles. The van der Waals surface area contributed by atoms with Crippen LogP contribution in [-0.4, -0.2) is 5.11 Å². The van der Waals surface area contributed by atoms with Gasteiger partial charge >= 0.3 is 0 Å². The van der Waals surface area contributed by atoms with Crippen LogP contribution in [0.15, 0.2) is 18.2 Å². The molecule has 3 rings (SSSR count). The average Bonchev–Trinajstić information content (AvgIpc) is 2.57. The van der Waals surface area contributed by atoms with Gasteiger partial charge < -0.3 is 5.11 Å². The van der Waals surface area contributed by atoms with Gasteiger partial charge in [0.15, 0.2) is 0 Å². The molecular formula is C13H13NO. The molecule has 0 aliphatic heterocycles. The van der Waals surface area contributed by atoms with Gasteiger partial charge in [-0.15, -0.1) is 0 Å². The van der Waals surface area contributed by atoms with Crippen molar-refractivity contribution in [3.63, 3.8) is 0 Å². The second-order valence-electron chi connectivity index (χ2n) is 4.72. The van der Waals surface area contributed by atoms with Crippen molar-refractivity contribution < 1.29 is 5.11 Å². The van der Waals surface area contributed by atoms with E-state index in [0.717, 1.165) is 25.7 Å². The summed E-state index contributed by atoms with van der Waals surface area (Å²) in [4.78, 5) is 0. The first-order chi connectivity index (χ1) is 7.26. The molecular weight excluding hydrogens is 186 g/mol. The summed E-state index contributed by atoms with van der Waals surface area (Å²) in [5.41, 5.74) is 2.65. The zero-order valence-electron chi connectivity index (χ0n) is 8.53. The fraction of sp³-hybridized carbons (Fsp3) is 0.462. The fourth-order valence-corrected chi connectivity index (χ4v) is 3.19. The van der Waals surface area contributed by atoms with Gasteiger partial charge in [-0.25, -0.2) is 0 Å². The number of aromatic hydroxyl groups is 1. The molecule has 0 saturated heterocycles. The second-order valence-corrected chi connectivity index (χ2v) is 4.72. The molecule has 76 valence electrons. The Balaban J connectivity index is 2.12. The normalized spacial score (nSPS) is 32.1. The third-order valence-corrected chi connectivity index (χ3v) is 4.17. The number of rotatable bonds is 0. The minimum atomic E-state index is 0.0861. The highest BCUT2D eigenvalue weighted by Crippen LogP contribution is 2.56. The van der Waals surface area contributed by atoms with Crippen molar-refractivity contribution >= 4 is 0 Å². The van der Waals surface area contributed by atoms with Gasteiger partial charge in [-0.1, -0.05) is 6.07 Å².